The number of urea groups is 1. The average Bonchev–Trinajstić information content (AvgIpc) is 2.53. The summed E-state index contributed by atoms with van der Waals surface area (Å²) in [6.45, 7) is 0. The van der Waals surface area contributed by atoms with Crippen molar-refractivity contribution in [1.29, 1.82) is 0 Å². The van der Waals surface area contributed by atoms with Crippen LogP contribution in [0, 0.1) is 0 Å². The summed E-state index contributed by atoms with van der Waals surface area (Å²) < 4.78 is 0. The van der Waals surface area contributed by atoms with Gasteiger partial charge in [-0.3, -0.25) is 9.59 Å². The van der Waals surface area contributed by atoms with E-state index in [4.69, 9.17) is 0 Å². The molecule has 7 nitrogen and oxygen atoms in total. The maximum Gasteiger partial charge on any atom is 0.343 e. The first-order valence-corrected chi connectivity index (χ1v) is 6.30. The maximum absolute atomic E-state index is 12.1. The zero-order chi connectivity index (χ0) is 16.3. The van der Waals surface area contributed by atoms with E-state index in [1.54, 1.807) is 48.5 Å². The van der Waals surface area contributed by atoms with Crippen molar-refractivity contribution in [2.24, 2.45) is 17.4 Å². The largest absolute Gasteiger partial charge is 0.349 e. The number of ketones is 2. The summed E-state index contributed by atoms with van der Waals surface area (Å²) in [4.78, 5) is 33.8. The van der Waals surface area contributed by atoms with Gasteiger partial charge in [0.05, 0.1) is 0 Å². The van der Waals surface area contributed by atoms with E-state index in [9.17, 15) is 14.4 Å². The molecule has 0 saturated heterocycles. The number of nitrogens with zero attached hydrogens (tertiary/aromatic N) is 1. The third-order valence-corrected chi connectivity index (χ3v) is 3.09. The lowest BCUT2D eigenvalue weighted by atomic mass is 9.84. The summed E-state index contributed by atoms with van der Waals surface area (Å²) in [7, 11) is 0. The van der Waals surface area contributed by atoms with Crippen molar-refractivity contribution in [3.05, 3.63) is 70.8 Å². The van der Waals surface area contributed by atoms with E-state index < -0.39 is 6.03 Å². The fourth-order valence-corrected chi connectivity index (χ4v) is 2.05. The molecule has 0 bridgehead atoms. The minimum atomic E-state index is -0.852. The average molecular weight is 298 g/mol. The van der Waals surface area contributed by atoms with E-state index >= 15 is 0 Å². The third-order valence-electron chi connectivity index (χ3n) is 3.09. The van der Waals surface area contributed by atoms with Gasteiger partial charge < -0.3 is 5.73 Å². The van der Waals surface area contributed by atoms with Gasteiger partial charge in [-0.25, -0.2) is 16.5 Å². The zero-order valence-corrected chi connectivity index (χ0v) is 11.5. The zero-order valence-electron chi connectivity index (χ0n) is 11.5. The molecule has 0 fully saturated rings. The second-order valence-corrected chi connectivity index (χ2v) is 4.49. The van der Waals surface area contributed by atoms with Gasteiger partial charge in [-0.05, 0) is 0 Å². The van der Waals surface area contributed by atoms with E-state index in [2.05, 4.69) is 17.4 Å². The van der Waals surface area contributed by atoms with Crippen molar-refractivity contribution in [2.45, 2.75) is 0 Å². The second-order valence-electron chi connectivity index (χ2n) is 4.49. The van der Waals surface area contributed by atoms with Crippen LogP contribution in [0.3, 0.4) is 0 Å². The SMILES string of the molecule is NC(=O)N(N)N.O=C1c2ccccc2C(=O)c2ccccc21. The van der Waals surface area contributed by atoms with E-state index in [0.717, 1.165) is 0 Å². The van der Waals surface area contributed by atoms with Crippen LogP contribution >= 0.6 is 0 Å². The molecular formula is C15H14N4O3. The molecule has 3 rings (SSSR count). The predicted molar refractivity (Wildman–Crippen MR) is 79.5 cm³/mol. The molecule has 0 heterocycles. The molecule has 0 atom stereocenters. The molecule has 0 aliphatic heterocycles. The molecule has 0 saturated carbocycles. The highest BCUT2D eigenvalue weighted by molar-refractivity contribution is 6.28. The lowest BCUT2D eigenvalue weighted by molar-refractivity contribution is 0.0979. The number of hydrogen-bond donors (Lipinski definition) is 3. The lowest BCUT2D eigenvalue weighted by Crippen LogP contribution is -2.46. The molecule has 0 radical (unpaired) electrons. The second kappa shape index (κ2) is 6.17. The summed E-state index contributed by atoms with van der Waals surface area (Å²) in [5, 5.41) is 0.306. The van der Waals surface area contributed by atoms with Gasteiger partial charge in [0, 0.05) is 22.3 Å². The fraction of sp³-hybridized carbons (Fsp3) is 0. The van der Waals surface area contributed by atoms with Crippen molar-refractivity contribution in [1.82, 2.24) is 5.12 Å². The molecule has 7 heteroatoms. The van der Waals surface area contributed by atoms with Gasteiger partial charge >= 0.3 is 6.03 Å². The minimum Gasteiger partial charge on any atom is -0.349 e. The topological polar surface area (TPSA) is 133 Å². The number of nitrogens with two attached hydrogens (primary N) is 3. The summed E-state index contributed by atoms with van der Waals surface area (Å²) in [5.41, 5.74) is 6.50. The highest BCUT2D eigenvalue weighted by Gasteiger charge is 2.28. The van der Waals surface area contributed by atoms with Gasteiger partial charge in [-0.15, -0.1) is 0 Å². The summed E-state index contributed by atoms with van der Waals surface area (Å²) in [6.07, 6.45) is 0. The van der Waals surface area contributed by atoms with Gasteiger partial charge in [0.25, 0.3) is 0 Å². The number of amides is 2. The summed E-state index contributed by atoms with van der Waals surface area (Å²) >= 11 is 0. The minimum absolute atomic E-state index is 0.0641. The molecule has 1 aliphatic rings. The van der Waals surface area contributed by atoms with E-state index in [1.165, 1.54) is 0 Å². The fourth-order valence-electron chi connectivity index (χ4n) is 2.05. The van der Waals surface area contributed by atoms with Gasteiger partial charge in [0.1, 0.15) is 0 Å². The van der Waals surface area contributed by atoms with Crippen LogP contribution in [0.4, 0.5) is 4.79 Å². The first-order valence-electron chi connectivity index (χ1n) is 6.30. The van der Waals surface area contributed by atoms with Crippen LogP contribution in [-0.2, 0) is 0 Å². The Bertz CT molecular complexity index is 650. The molecular weight excluding hydrogens is 284 g/mol. The van der Waals surface area contributed by atoms with Gasteiger partial charge in [0.15, 0.2) is 11.6 Å². The number of primary amides is 1. The lowest BCUT2D eigenvalue weighted by Gasteiger charge is -2.16. The number of benzene rings is 2. The smallest absolute Gasteiger partial charge is 0.343 e. The molecule has 1 aliphatic carbocycles. The summed E-state index contributed by atoms with van der Waals surface area (Å²) in [6, 6.07) is 13.1. The first-order chi connectivity index (χ1) is 10.4. The van der Waals surface area contributed by atoms with Crippen molar-refractivity contribution in [2.75, 3.05) is 0 Å². The number of hydrogen-bond acceptors (Lipinski definition) is 5. The highest BCUT2D eigenvalue weighted by Crippen LogP contribution is 2.26. The maximum atomic E-state index is 12.1. The van der Waals surface area contributed by atoms with Gasteiger partial charge in [-0.2, -0.15) is 5.12 Å². The van der Waals surface area contributed by atoms with E-state index in [1.807, 2.05) is 0 Å². The van der Waals surface area contributed by atoms with Crippen LogP contribution in [0.5, 0.6) is 0 Å². The molecule has 2 aromatic carbocycles. The molecule has 0 spiro atoms. The Hall–Kier alpha value is -3.03. The molecule has 6 N–H and O–H groups in total. The van der Waals surface area contributed by atoms with Crippen LogP contribution in [0.1, 0.15) is 31.8 Å². The molecule has 0 unspecified atom stereocenters. The van der Waals surface area contributed by atoms with Crippen LogP contribution < -0.4 is 17.4 Å². The molecule has 2 aromatic rings. The van der Waals surface area contributed by atoms with E-state index in [0.29, 0.717) is 27.4 Å². The van der Waals surface area contributed by atoms with Crippen LogP contribution in [-0.4, -0.2) is 22.7 Å². The van der Waals surface area contributed by atoms with Gasteiger partial charge in [-0.1, -0.05) is 48.5 Å². The van der Waals surface area contributed by atoms with Crippen LogP contribution in [0.15, 0.2) is 48.5 Å². The first kappa shape index (κ1) is 15.4. The Kier molecular flexibility index (Phi) is 4.31. The molecule has 2 amide bonds. The standard InChI is InChI=1S/C14H8O2.CH6N4O/c15-13-9-5-1-2-6-10(9)14(16)12-8-4-3-7-11(12)13;2-1(6)5(3)4/h1-8H;3-4H2,(H2,2,6). The Labute approximate surface area is 126 Å². The van der Waals surface area contributed by atoms with Crippen molar-refractivity contribution in [3.8, 4) is 0 Å². The summed E-state index contributed by atoms with van der Waals surface area (Å²) in [5.74, 6) is 9.02. The van der Waals surface area contributed by atoms with Crippen molar-refractivity contribution >= 4 is 17.6 Å². The molecule has 22 heavy (non-hydrogen) atoms. The monoisotopic (exact) mass is 298 g/mol. The molecule has 112 valence electrons. The predicted octanol–water partition coefficient (Wildman–Crippen LogP) is 0.577. The molecule has 0 aromatic heterocycles. The Morgan fingerprint density at radius 2 is 0.955 bits per heavy atom. The Morgan fingerprint density at radius 3 is 1.14 bits per heavy atom. The quantitative estimate of drug-likeness (QED) is 0.317. The number of rotatable bonds is 0. The third kappa shape index (κ3) is 2.85. The normalized spacial score (nSPS) is 11.7. The van der Waals surface area contributed by atoms with Crippen molar-refractivity contribution in [3.63, 3.8) is 0 Å². The highest BCUT2D eigenvalue weighted by atomic mass is 16.2. The number of carbonyl (C=O) groups excluding carboxylic acids is 3. The van der Waals surface area contributed by atoms with Crippen LogP contribution in [0.25, 0.3) is 0 Å². The number of carbonyl (C=O) groups is 3. The van der Waals surface area contributed by atoms with Crippen molar-refractivity contribution < 1.29 is 14.4 Å². The Balaban J connectivity index is 0.000000254. The van der Waals surface area contributed by atoms with Gasteiger partial charge in [0.2, 0.25) is 0 Å². The number of hydrazine groups is 2. The Morgan fingerprint density at radius 1 is 0.727 bits per heavy atom. The van der Waals surface area contributed by atoms with Crippen LogP contribution in [0.2, 0.25) is 0 Å². The van der Waals surface area contributed by atoms with E-state index in [-0.39, 0.29) is 11.6 Å². The number of fused-ring (bicyclic) bond motifs is 2.